The van der Waals surface area contributed by atoms with E-state index in [0.29, 0.717) is 5.56 Å². The first-order valence-corrected chi connectivity index (χ1v) is 2.51. The fourth-order valence-corrected chi connectivity index (χ4v) is 0.509. The number of nitrogens with zero attached hydrogens (tertiary/aromatic N) is 1. The first-order chi connectivity index (χ1) is 4.33. The number of rotatable bonds is 1. The van der Waals surface area contributed by atoms with E-state index < -0.39 is 0 Å². The van der Waals surface area contributed by atoms with E-state index in [1.807, 2.05) is 0 Å². The monoisotopic (exact) mass is 208 g/mol. The number of phenols is 1. The van der Waals surface area contributed by atoms with Gasteiger partial charge in [-0.1, -0.05) is 0 Å². The molecule has 0 unspecified atom stereocenters. The summed E-state index contributed by atoms with van der Waals surface area (Å²) in [5.41, 5.74) is 0.563. The van der Waals surface area contributed by atoms with E-state index in [0.717, 1.165) is 6.21 Å². The molecule has 10 heavy (non-hydrogen) atoms. The van der Waals surface area contributed by atoms with Crippen molar-refractivity contribution in [3.8, 4) is 5.75 Å². The largest absolute Gasteiger partial charge is 0.862 e. The van der Waals surface area contributed by atoms with Crippen molar-refractivity contribution in [2.75, 3.05) is 0 Å². The molecule has 0 amide bonds. The van der Waals surface area contributed by atoms with E-state index in [4.69, 9.17) is 10.5 Å². The fourth-order valence-electron chi connectivity index (χ4n) is 0.509. The minimum atomic E-state index is 0. The molecule has 1 rings (SSSR count). The Morgan fingerprint density at radius 2 is 2.20 bits per heavy atom. The molecule has 0 bridgehead atoms. The van der Waals surface area contributed by atoms with Gasteiger partial charge < -0.3 is 10.5 Å². The number of phenolic OH excluding ortho intramolecular Hbond substituents is 1. The van der Waals surface area contributed by atoms with Gasteiger partial charge in [0.05, 0.1) is 0 Å². The van der Waals surface area contributed by atoms with Crippen molar-refractivity contribution in [3.63, 3.8) is 0 Å². The molecule has 0 aliphatic heterocycles. The minimum absolute atomic E-state index is 0. The van der Waals surface area contributed by atoms with E-state index in [-0.39, 0.29) is 38.5 Å². The summed E-state index contributed by atoms with van der Waals surface area (Å²) < 4.78 is 0. The van der Waals surface area contributed by atoms with Gasteiger partial charge in [-0.3, -0.25) is 6.21 Å². The van der Waals surface area contributed by atoms with Crippen LogP contribution in [-0.4, -0.2) is 11.3 Å². The molecule has 0 atom stereocenters. The quantitative estimate of drug-likeness (QED) is 0.546. The van der Waals surface area contributed by atoms with Crippen LogP contribution in [0.25, 0.3) is 5.41 Å². The topological polar surface area (TPSA) is 42.5 Å². The van der Waals surface area contributed by atoms with E-state index in [9.17, 15) is 0 Å². The molecule has 0 spiro atoms. The van der Waals surface area contributed by atoms with Gasteiger partial charge >= 0.3 is 0 Å². The molecular formula is C7H5NOY-2. The van der Waals surface area contributed by atoms with Crippen molar-refractivity contribution in [3.05, 3.63) is 35.2 Å². The van der Waals surface area contributed by atoms with Gasteiger partial charge in [-0.15, -0.1) is 24.3 Å². The molecule has 49 valence electrons. The van der Waals surface area contributed by atoms with Crippen LogP contribution >= 0.6 is 0 Å². The van der Waals surface area contributed by atoms with Crippen molar-refractivity contribution in [1.82, 2.24) is 0 Å². The van der Waals surface area contributed by atoms with E-state index in [1.54, 1.807) is 6.07 Å². The van der Waals surface area contributed by atoms with Crippen LogP contribution in [0.1, 0.15) is 5.56 Å². The van der Waals surface area contributed by atoms with Gasteiger partial charge in [-0.2, -0.15) is 5.56 Å². The Kier molecular flexibility index (Phi) is 4.49. The van der Waals surface area contributed by atoms with Crippen molar-refractivity contribution >= 4 is 6.21 Å². The van der Waals surface area contributed by atoms with Gasteiger partial charge in [0, 0.05) is 38.5 Å². The zero-order valence-corrected chi connectivity index (χ0v) is 8.12. The minimum Gasteiger partial charge on any atom is -0.862 e. The molecule has 1 aromatic rings. The van der Waals surface area contributed by atoms with Crippen LogP contribution in [0.2, 0.25) is 0 Å². The van der Waals surface area contributed by atoms with Gasteiger partial charge in [0.1, 0.15) is 0 Å². The molecule has 0 aliphatic carbocycles. The summed E-state index contributed by atoms with van der Waals surface area (Å²) in [6, 6.07) is 7.07. The Labute approximate surface area is 84.7 Å². The average molecular weight is 208 g/mol. The van der Waals surface area contributed by atoms with Crippen LogP contribution in [0, 0.1) is 6.07 Å². The van der Waals surface area contributed by atoms with Crippen LogP contribution in [0.5, 0.6) is 5.75 Å². The van der Waals surface area contributed by atoms with Gasteiger partial charge in [0.25, 0.3) is 0 Å². The van der Waals surface area contributed by atoms with Crippen molar-refractivity contribution in [2.45, 2.75) is 0 Å². The van der Waals surface area contributed by atoms with Crippen molar-refractivity contribution in [2.24, 2.45) is 0 Å². The van der Waals surface area contributed by atoms with Crippen LogP contribution < -0.4 is 0 Å². The molecule has 0 aliphatic rings. The molecule has 0 saturated carbocycles. The van der Waals surface area contributed by atoms with Crippen molar-refractivity contribution in [1.29, 1.82) is 0 Å². The van der Waals surface area contributed by atoms with Gasteiger partial charge in [0.2, 0.25) is 0 Å². The van der Waals surface area contributed by atoms with Gasteiger partial charge in [0.15, 0.2) is 0 Å². The molecular weight excluding hydrogens is 203 g/mol. The zero-order chi connectivity index (χ0) is 6.69. The molecule has 1 radical (unpaired) electrons. The molecule has 1 N–H and O–H groups in total. The SMILES string of the molecule is [N-]=Cc1[c-]cc(O)cc1.[Y]. The second-order valence-electron chi connectivity index (χ2n) is 1.63. The Morgan fingerprint density at radius 1 is 1.50 bits per heavy atom. The Morgan fingerprint density at radius 3 is 2.60 bits per heavy atom. The van der Waals surface area contributed by atoms with Crippen LogP contribution in [0.4, 0.5) is 0 Å². The first-order valence-electron chi connectivity index (χ1n) is 2.51. The summed E-state index contributed by atoms with van der Waals surface area (Å²) in [4.78, 5) is 0. The normalized spacial score (nSPS) is 8.00. The molecule has 0 aromatic heterocycles. The Hall–Kier alpha value is -0.206. The summed E-state index contributed by atoms with van der Waals surface area (Å²) in [6.45, 7) is 0. The number of aromatic hydroxyl groups is 1. The molecule has 2 nitrogen and oxygen atoms in total. The van der Waals surface area contributed by atoms with Crippen LogP contribution in [0.3, 0.4) is 0 Å². The van der Waals surface area contributed by atoms with E-state index in [2.05, 4.69) is 6.07 Å². The fraction of sp³-hybridized carbons (Fsp3) is 0. The average Bonchev–Trinajstić information content (AvgIpc) is 1.90. The molecule has 0 saturated heterocycles. The maximum Gasteiger partial charge on any atom is 0.0319 e. The van der Waals surface area contributed by atoms with Crippen molar-refractivity contribution < 1.29 is 37.8 Å². The summed E-state index contributed by atoms with van der Waals surface area (Å²) in [5.74, 6) is 0.153. The second-order valence-corrected chi connectivity index (χ2v) is 1.63. The summed E-state index contributed by atoms with van der Waals surface area (Å²) in [7, 11) is 0. The maximum absolute atomic E-state index is 8.73. The Balaban J connectivity index is 0.000000810. The standard InChI is InChI=1S/C7H5NO.Y/c8-5-6-1-3-7(9)4-2-6;/h1,3-5,9H;/q-2;. The zero-order valence-electron chi connectivity index (χ0n) is 5.28. The number of hydrogen-bond donors (Lipinski definition) is 1. The van der Waals surface area contributed by atoms with Crippen LogP contribution in [-0.2, 0) is 32.7 Å². The first kappa shape index (κ1) is 9.79. The summed E-state index contributed by atoms with van der Waals surface area (Å²) >= 11 is 0. The summed E-state index contributed by atoms with van der Waals surface area (Å²) in [5, 5.41) is 17.1. The molecule has 0 heterocycles. The molecule has 3 heteroatoms. The van der Waals surface area contributed by atoms with E-state index >= 15 is 0 Å². The third-order valence-electron chi connectivity index (χ3n) is 0.959. The summed E-state index contributed by atoms with van der Waals surface area (Å²) in [6.07, 6.45) is 0.930. The molecule has 1 aromatic carbocycles. The van der Waals surface area contributed by atoms with E-state index in [1.165, 1.54) is 12.1 Å². The predicted octanol–water partition coefficient (Wildman–Crippen LogP) is 1.18. The van der Waals surface area contributed by atoms with Gasteiger partial charge in [-0.05, 0) is 0 Å². The predicted molar refractivity (Wildman–Crippen MR) is 35.5 cm³/mol. The third-order valence-corrected chi connectivity index (χ3v) is 0.959. The number of hydrogen-bond acceptors (Lipinski definition) is 1. The smallest absolute Gasteiger partial charge is 0.0319 e. The third kappa shape index (κ3) is 2.59. The Bertz CT molecular complexity index is 207. The van der Waals surface area contributed by atoms with Crippen LogP contribution in [0.15, 0.2) is 18.2 Å². The number of benzene rings is 1. The second kappa shape index (κ2) is 4.58. The van der Waals surface area contributed by atoms with Gasteiger partial charge in [-0.25, -0.2) is 0 Å². The maximum atomic E-state index is 8.73. The molecule has 0 fully saturated rings.